The standard InChI is InChI=1S/C12H18N2O/c1-2-11(12(13)14)15-9-8-10-6-4-3-5-7-10/h3-7,11H,2,8-9H2,1H3,(H3,13,14). The van der Waals surface area contributed by atoms with Gasteiger partial charge in [0.2, 0.25) is 0 Å². The quantitative estimate of drug-likeness (QED) is 0.552. The molecule has 1 aromatic rings. The number of rotatable bonds is 6. The molecule has 0 bridgehead atoms. The molecule has 0 aromatic heterocycles. The zero-order valence-corrected chi connectivity index (χ0v) is 9.07. The largest absolute Gasteiger partial charge is 0.385 e. The fraction of sp³-hybridized carbons (Fsp3) is 0.417. The van der Waals surface area contributed by atoms with E-state index < -0.39 is 0 Å². The minimum Gasteiger partial charge on any atom is -0.385 e. The number of hydrogen-bond acceptors (Lipinski definition) is 2. The molecule has 3 N–H and O–H groups in total. The van der Waals surface area contributed by atoms with Gasteiger partial charge in [0.1, 0.15) is 11.9 Å². The van der Waals surface area contributed by atoms with Crippen LogP contribution in [-0.2, 0) is 11.2 Å². The Bertz CT molecular complexity index is 298. The fourth-order valence-corrected chi connectivity index (χ4v) is 1.39. The van der Waals surface area contributed by atoms with E-state index >= 15 is 0 Å². The third kappa shape index (κ3) is 4.13. The second kappa shape index (κ2) is 6.19. The fourth-order valence-electron chi connectivity index (χ4n) is 1.39. The molecule has 3 nitrogen and oxygen atoms in total. The van der Waals surface area contributed by atoms with Gasteiger partial charge in [0.15, 0.2) is 0 Å². The van der Waals surface area contributed by atoms with E-state index in [1.54, 1.807) is 0 Å². The Morgan fingerprint density at radius 3 is 2.60 bits per heavy atom. The van der Waals surface area contributed by atoms with Crippen molar-refractivity contribution in [2.45, 2.75) is 25.9 Å². The van der Waals surface area contributed by atoms with Crippen LogP contribution in [0.4, 0.5) is 0 Å². The van der Waals surface area contributed by atoms with Gasteiger partial charge in [-0.1, -0.05) is 37.3 Å². The Labute approximate surface area is 90.8 Å². The second-order valence-corrected chi connectivity index (χ2v) is 3.46. The Morgan fingerprint density at radius 2 is 2.07 bits per heavy atom. The summed E-state index contributed by atoms with van der Waals surface area (Å²) in [6.45, 7) is 2.58. The summed E-state index contributed by atoms with van der Waals surface area (Å²) in [7, 11) is 0. The molecule has 82 valence electrons. The highest BCUT2D eigenvalue weighted by atomic mass is 16.5. The normalized spacial score (nSPS) is 12.3. The van der Waals surface area contributed by atoms with E-state index in [4.69, 9.17) is 15.9 Å². The molecule has 1 unspecified atom stereocenters. The lowest BCUT2D eigenvalue weighted by Gasteiger charge is -2.14. The van der Waals surface area contributed by atoms with E-state index in [0.717, 1.165) is 12.8 Å². The van der Waals surface area contributed by atoms with Crippen LogP contribution in [-0.4, -0.2) is 18.5 Å². The van der Waals surface area contributed by atoms with Gasteiger partial charge in [0.05, 0.1) is 6.61 Å². The van der Waals surface area contributed by atoms with E-state index in [1.165, 1.54) is 5.56 Å². The molecule has 0 radical (unpaired) electrons. The van der Waals surface area contributed by atoms with Gasteiger partial charge >= 0.3 is 0 Å². The zero-order chi connectivity index (χ0) is 11.1. The number of ether oxygens (including phenoxy) is 1. The first-order chi connectivity index (χ1) is 7.24. The molecule has 0 saturated heterocycles. The van der Waals surface area contributed by atoms with Crippen LogP contribution in [0.15, 0.2) is 30.3 Å². The van der Waals surface area contributed by atoms with E-state index in [2.05, 4.69) is 12.1 Å². The smallest absolute Gasteiger partial charge is 0.120 e. The molecule has 0 aliphatic rings. The van der Waals surface area contributed by atoms with Crippen molar-refractivity contribution in [1.29, 1.82) is 5.41 Å². The molecule has 0 heterocycles. The van der Waals surface area contributed by atoms with Gasteiger partial charge in [-0.15, -0.1) is 0 Å². The molecule has 1 atom stereocenters. The third-order valence-electron chi connectivity index (χ3n) is 2.27. The van der Waals surface area contributed by atoms with Gasteiger partial charge in [-0.25, -0.2) is 0 Å². The zero-order valence-electron chi connectivity index (χ0n) is 9.07. The molecule has 1 rings (SSSR count). The summed E-state index contributed by atoms with van der Waals surface area (Å²) in [5, 5.41) is 7.29. The molecule has 3 heteroatoms. The highest BCUT2D eigenvalue weighted by Gasteiger charge is 2.08. The molecule has 0 aliphatic heterocycles. The highest BCUT2D eigenvalue weighted by molar-refractivity contribution is 5.81. The molecular weight excluding hydrogens is 188 g/mol. The van der Waals surface area contributed by atoms with Crippen molar-refractivity contribution in [2.24, 2.45) is 5.73 Å². The van der Waals surface area contributed by atoms with Gasteiger partial charge in [-0.2, -0.15) is 0 Å². The lowest BCUT2D eigenvalue weighted by Crippen LogP contribution is -2.30. The number of amidine groups is 1. The lowest BCUT2D eigenvalue weighted by atomic mass is 10.2. The van der Waals surface area contributed by atoms with Crippen molar-refractivity contribution in [1.82, 2.24) is 0 Å². The maximum atomic E-state index is 7.29. The predicted molar refractivity (Wildman–Crippen MR) is 62.1 cm³/mol. The monoisotopic (exact) mass is 206 g/mol. The van der Waals surface area contributed by atoms with E-state index in [1.807, 2.05) is 25.1 Å². The SMILES string of the molecule is CCC(OCCc1ccccc1)C(=N)N. The van der Waals surface area contributed by atoms with Crippen molar-refractivity contribution < 1.29 is 4.74 Å². The first-order valence-corrected chi connectivity index (χ1v) is 5.23. The average molecular weight is 206 g/mol. The molecular formula is C12H18N2O. The maximum Gasteiger partial charge on any atom is 0.120 e. The van der Waals surface area contributed by atoms with Gasteiger partial charge in [0.25, 0.3) is 0 Å². The summed E-state index contributed by atoms with van der Waals surface area (Å²) in [5.74, 6) is 0.116. The molecule has 1 aromatic carbocycles. The average Bonchev–Trinajstić information content (AvgIpc) is 2.25. The topological polar surface area (TPSA) is 59.1 Å². The van der Waals surface area contributed by atoms with E-state index in [0.29, 0.717) is 6.61 Å². The van der Waals surface area contributed by atoms with E-state index in [-0.39, 0.29) is 11.9 Å². The van der Waals surface area contributed by atoms with Crippen LogP contribution in [0.2, 0.25) is 0 Å². The minimum atomic E-state index is -0.228. The molecule has 15 heavy (non-hydrogen) atoms. The molecule has 0 aliphatic carbocycles. The third-order valence-corrected chi connectivity index (χ3v) is 2.27. The second-order valence-electron chi connectivity index (χ2n) is 3.46. The predicted octanol–water partition coefficient (Wildman–Crippen LogP) is 1.96. The Kier molecular flexibility index (Phi) is 4.84. The maximum absolute atomic E-state index is 7.29. The van der Waals surface area contributed by atoms with Gasteiger partial charge < -0.3 is 10.5 Å². The molecule has 0 amide bonds. The first-order valence-electron chi connectivity index (χ1n) is 5.23. The van der Waals surface area contributed by atoms with Crippen molar-refractivity contribution in [2.75, 3.05) is 6.61 Å². The summed E-state index contributed by atoms with van der Waals surface area (Å²) in [6.07, 6.45) is 1.39. The minimum absolute atomic E-state index is 0.116. The summed E-state index contributed by atoms with van der Waals surface area (Å²) in [4.78, 5) is 0. The molecule has 0 saturated carbocycles. The van der Waals surface area contributed by atoms with Crippen LogP contribution in [0, 0.1) is 5.41 Å². The lowest BCUT2D eigenvalue weighted by molar-refractivity contribution is 0.0965. The van der Waals surface area contributed by atoms with Crippen molar-refractivity contribution in [3.05, 3.63) is 35.9 Å². The summed E-state index contributed by atoms with van der Waals surface area (Å²) >= 11 is 0. The van der Waals surface area contributed by atoms with Gasteiger partial charge in [-0.05, 0) is 18.4 Å². The molecule has 0 fully saturated rings. The van der Waals surface area contributed by atoms with Crippen molar-refractivity contribution >= 4 is 5.84 Å². The summed E-state index contributed by atoms with van der Waals surface area (Å²) in [6, 6.07) is 10.2. The van der Waals surface area contributed by atoms with Crippen LogP contribution >= 0.6 is 0 Å². The highest BCUT2D eigenvalue weighted by Crippen LogP contribution is 2.02. The molecule has 0 spiro atoms. The van der Waals surface area contributed by atoms with Gasteiger partial charge in [0, 0.05) is 0 Å². The van der Waals surface area contributed by atoms with Crippen LogP contribution in [0.5, 0.6) is 0 Å². The first kappa shape index (κ1) is 11.7. The van der Waals surface area contributed by atoms with Crippen LogP contribution in [0.1, 0.15) is 18.9 Å². The van der Waals surface area contributed by atoms with E-state index in [9.17, 15) is 0 Å². The van der Waals surface area contributed by atoms with Gasteiger partial charge in [-0.3, -0.25) is 5.41 Å². The number of nitrogens with one attached hydrogen (secondary N) is 1. The van der Waals surface area contributed by atoms with Crippen LogP contribution < -0.4 is 5.73 Å². The van der Waals surface area contributed by atoms with Crippen LogP contribution in [0.25, 0.3) is 0 Å². The summed E-state index contributed by atoms with van der Waals surface area (Å²) < 4.78 is 5.51. The summed E-state index contributed by atoms with van der Waals surface area (Å²) in [5.41, 5.74) is 6.63. The Hall–Kier alpha value is -1.35. The number of nitrogens with two attached hydrogens (primary N) is 1. The van der Waals surface area contributed by atoms with Crippen LogP contribution in [0.3, 0.4) is 0 Å². The van der Waals surface area contributed by atoms with Crippen molar-refractivity contribution in [3.8, 4) is 0 Å². The Morgan fingerprint density at radius 1 is 1.40 bits per heavy atom. The Balaban J connectivity index is 2.30. The number of benzene rings is 1. The van der Waals surface area contributed by atoms with Crippen molar-refractivity contribution in [3.63, 3.8) is 0 Å². The number of hydrogen-bond donors (Lipinski definition) is 2.